The number of rotatable bonds is 11. The van der Waals surface area contributed by atoms with Gasteiger partial charge in [-0.3, -0.25) is 38.7 Å². The first-order chi connectivity index (χ1) is 35.1. The number of hydrogen-bond acceptors (Lipinski definition) is 15. The molecule has 4 fully saturated rings. The van der Waals surface area contributed by atoms with E-state index in [1.807, 2.05) is 37.6 Å². The lowest BCUT2D eigenvalue weighted by molar-refractivity contribution is -0.135. The summed E-state index contributed by atoms with van der Waals surface area (Å²) in [5.74, 6) is 0.524. The van der Waals surface area contributed by atoms with E-state index in [9.17, 15) is 18.9 Å². The minimum atomic E-state index is -2.84. The number of amides is 2. The molecule has 7 aromatic rings. The summed E-state index contributed by atoms with van der Waals surface area (Å²) in [5.41, 5.74) is 8.05. The number of halogens is 1. The van der Waals surface area contributed by atoms with E-state index in [-0.39, 0.29) is 34.4 Å². The Hall–Kier alpha value is -6.82. The van der Waals surface area contributed by atoms with Crippen molar-refractivity contribution in [3.63, 3.8) is 0 Å². The summed E-state index contributed by atoms with van der Waals surface area (Å²) in [6.45, 7) is 9.25. The first kappa shape index (κ1) is 48.4. The minimum Gasteiger partial charge on any atom is -0.494 e. The summed E-state index contributed by atoms with van der Waals surface area (Å²) < 4.78 is 24.7. The van der Waals surface area contributed by atoms with Crippen molar-refractivity contribution in [2.24, 2.45) is 19.5 Å². The van der Waals surface area contributed by atoms with Crippen molar-refractivity contribution < 1.29 is 18.9 Å². The molecule has 3 aromatic carbocycles. The van der Waals surface area contributed by atoms with Crippen molar-refractivity contribution in [1.29, 1.82) is 0 Å². The van der Waals surface area contributed by atoms with Crippen LogP contribution < -0.4 is 41.5 Å². The van der Waals surface area contributed by atoms with Crippen molar-refractivity contribution in [1.82, 2.24) is 49.1 Å². The van der Waals surface area contributed by atoms with Gasteiger partial charge in [0, 0.05) is 99.9 Å². The summed E-state index contributed by atoms with van der Waals surface area (Å²) >= 11 is 6.69. The monoisotopic (exact) mass is 1030 g/mol. The molecule has 1 spiro atoms. The zero-order valence-electron chi connectivity index (χ0n) is 41.8. The van der Waals surface area contributed by atoms with Crippen LogP contribution in [0.5, 0.6) is 5.75 Å². The minimum absolute atomic E-state index is 0.213. The number of imide groups is 1. The number of benzene rings is 3. The topological polar surface area (TPSA) is 203 Å². The zero-order valence-corrected chi connectivity index (χ0v) is 43.4. The number of likely N-dealkylation sites (tertiary alicyclic amines) is 1. The molecule has 4 aliphatic heterocycles. The fraction of sp³-hybridized carbons (Fsp3) is 0.423. The van der Waals surface area contributed by atoms with Gasteiger partial charge in [0.1, 0.15) is 29.5 Å². The second kappa shape index (κ2) is 19.2. The number of aromatic nitrogens is 8. The van der Waals surface area contributed by atoms with E-state index < -0.39 is 19.1 Å². The maximum absolute atomic E-state index is 13.6. The molecule has 0 radical (unpaired) electrons. The van der Waals surface area contributed by atoms with Crippen LogP contribution in [0.25, 0.3) is 33.2 Å². The molecular weight excluding hydrogens is 967 g/mol. The number of carbonyl (C=O) groups is 2. The Balaban J connectivity index is 0.769. The third-order valence-corrected chi connectivity index (χ3v) is 17.3. The molecule has 4 aliphatic rings. The van der Waals surface area contributed by atoms with Crippen LogP contribution in [0.2, 0.25) is 5.02 Å². The Morgan fingerprint density at radius 3 is 2.38 bits per heavy atom. The number of anilines is 6. The lowest BCUT2D eigenvalue weighted by atomic mass is 9.72. The second-order valence-electron chi connectivity index (χ2n) is 20.5. The summed E-state index contributed by atoms with van der Waals surface area (Å²) in [6.07, 6.45) is 15.8. The van der Waals surface area contributed by atoms with E-state index in [0.717, 1.165) is 99.4 Å². The number of fused-ring (bicyclic) bond motifs is 2. The van der Waals surface area contributed by atoms with Crippen LogP contribution in [0.1, 0.15) is 57.4 Å². The molecule has 73 heavy (non-hydrogen) atoms. The molecule has 19 nitrogen and oxygen atoms in total. The Morgan fingerprint density at radius 1 is 0.849 bits per heavy atom. The molecule has 0 aliphatic carbocycles. The number of ether oxygens (including phenoxy) is 1. The van der Waals surface area contributed by atoms with Crippen LogP contribution >= 0.6 is 18.7 Å². The number of imidazole rings is 1. The van der Waals surface area contributed by atoms with Crippen molar-refractivity contribution in [2.45, 2.75) is 63.5 Å². The molecule has 3 N–H and O–H groups in total. The van der Waals surface area contributed by atoms with E-state index in [4.69, 9.17) is 21.3 Å². The highest BCUT2D eigenvalue weighted by molar-refractivity contribution is 7.71. The zero-order chi connectivity index (χ0) is 50.8. The molecule has 2 amide bonds. The molecule has 1 atom stereocenters. The summed E-state index contributed by atoms with van der Waals surface area (Å²) in [6, 6.07) is 13.7. The van der Waals surface area contributed by atoms with Crippen molar-refractivity contribution in [2.75, 3.05) is 80.1 Å². The maximum atomic E-state index is 13.6. The van der Waals surface area contributed by atoms with Gasteiger partial charge in [0.05, 0.1) is 52.7 Å². The van der Waals surface area contributed by atoms with E-state index in [1.165, 1.54) is 12.6 Å². The van der Waals surface area contributed by atoms with Gasteiger partial charge in [-0.1, -0.05) is 11.6 Å². The van der Waals surface area contributed by atoms with Crippen LogP contribution in [-0.2, 0) is 28.2 Å². The summed E-state index contributed by atoms with van der Waals surface area (Å²) in [7, 11) is 2.49. The number of carbonyl (C=O) groups excluding carboxylic acids is 2. The molecule has 4 aromatic heterocycles. The van der Waals surface area contributed by atoms with E-state index in [1.54, 1.807) is 53.7 Å². The number of nitrogens with one attached hydrogen (secondary N) is 3. The van der Waals surface area contributed by atoms with Crippen LogP contribution in [0, 0.1) is 5.41 Å². The molecule has 21 heteroatoms. The first-order valence-electron chi connectivity index (χ1n) is 25.0. The van der Waals surface area contributed by atoms with Gasteiger partial charge in [-0.05, 0) is 113 Å². The van der Waals surface area contributed by atoms with Gasteiger partial charge in [-0.15, -0.1) is 0 Å². The fourth-order valence-corrected chi connectivity index (χ4v) is 13.3. The average molecular weight is 1030 g/mol. The molecule has 8 heterocycles. The number of aryl methyl sites for hydroxylation is 2. The van der Waals surface area contributed by atoms with Gasteiger partial charge >= 0.3 is 5.69 Å². The van der Waals surface area contributed by atoms with Crippen LogP contribution in [0.4, 0.5) is 34.5 Å². The number of piperidine rings is 4. The highest BCUT2D eigenvalue weighted by Gasteiger charge is 2.41. The average Bonchev–Trinajstić information content (AvgIpc) is 3.93. The Bertz CT molecular complexity index is 3410. The molecule has 0 bridgehead atoms. The molecule has 4 saturated heterocycles. The van der Waals surface area contributed by atoms with Gasteiger partial charge in [-0.25, -0.2) is 9.78 Å². The largest absolute Gasteiger partial charge is 0.494 e. The second-order valence-corrected chi connectivity index (χ2v) is 24.0. The molecular formula is C52H60ClN14O5P. The molecule has 380 valence electrons. The van der Waals surface area contributed by atoms with Crippen LogP contribution in [-0.4, -0.2) is 121 Å². The van der Waals surface area contributed by atoms with Crippen molar-refractivity contribution in [3.05, 3.63) is 89.0 Å². The van der Waals surface area contributed by atoms with Crippen LogP contribution in [0.3, 0.4) is 0 Å². The number of methoxy groups -OCH3 is 1. The number of hydrogen-bond donors (Lipinski definition) is 3. The molecule has 11 rings (SSSR count). The quantitative estimate of drug-likeness (QED) is 0.0867. The fourth-order valence-electron chi connectivity index (χ4n) is 11.8. The standard InChI is InChI=1S/C52H60ClN14O5P/c1-62-30-32(28-57-62)35-26-39(59-50-56-29-36(53)48(61-50)58-38-9-8-37-46(55-19-18-54-37)47(38)73(4,5)71)44(72-3)27-42(35)65-21-13-33(14-22-65)64-23-16-52(17-24-64)15-6-20-66(31-52)34-7-10-40-43(25-34)63(2)51(70)67(40)41-11-12-45(68)60-49(41)69/h7-10,18-19,25-30,33,41H,6,11-17,20-24,31H2,1-5H3,(H,60,68,69)(H2,56,58,59,61). The predicted molar refractivity (Wildman–Crippen MR) is 286 cm³/mol. The highest BCUT2D eigenvalue weighted by atomic mass is 35.5. The van der Waals surface area contributed by atoms with Gasteiger partial charge in [-0.2, -0.15) is 10.1 Å². The van der Waals surface area contributed by atoms with E-state index in [0.29, 0.717) is 57.3 Å². The smallest absolute Gasteiger partial charge is 0.329 e. The normalized spacial score (nSPS) is 19.0. The van der Waals surface area contributed by atoms with E-state index >= 15 is 0 Å². The van der Waals surface area contributed by atoms with Gasteiger partial charge in [0.15, 0.2) is 5.82 Å². The third-order valence-electron chi connectivity index (χ3n) is 15.5. The predicted octanol–water partition coefficient (Wildman–Crippen LogP) is 7.20. The maximum Gasteiger partial charge on any atom is 0.329 e. The molecule has 0 saturated carbocycles. The van der Waals surface area contributed by atoms with Gasteiger partial charge < -0.3 is 34.6 Å². The first-order valence-corrected chi connectivity index (χ1v) is 28.0. The SMILES string of the molecule is COc1cc(N2CCC(N3CCC4(CCCN(c5ccc6c(c5)n(C)c(=O)n6C5CCC(=O)NC5=O)C4)CC3)CC2)c(-c2cnn(C)c2)cc1Nc1ncc(Cl)c(Nc2ccc3nccnc3c2P(C)(C)=O)n1. The molecule has 1 unspecified atom stereocenters. The summed E-state index contributed by atoms with van der Waals surface area (Å²) in [5, 5.41) is 14.5. The Labute approximate surface area is 427 Å². The Morgan fingerprint density at radius 2 is 1.64 bits per heavy atom. The van der Waals surface area contributed by atoms with Gasteiger partial charge in [0.25, 0.3) is 0 Å². The summed E-state index contributed by atoms with van der Waals surface area (Å²) in [4.78, 5) is 64.1. The van der Waals surface area contributed by atoms with Crippen molar-refractivity contribution >= 4 is 92.4 Å². The van der Waals surface area contributed by atoms with E-state index in [2.05, 4.69) is 75.0 Å². The third kappa shape index (κ3) is 9.31. The number of nitrogens with zero attached hydrogens (tertiary/aromatic N) is 11. The van der Waals surface area contributed by atoms with Crippen molar-refractivity contribution in [3.8, 4) is 16.9 Å². The lowest BCUT2D eigenvalue weighted by Crippen LogP contribution is -2.53. The van der Waals surface area contributed by atoms with Gasteiger partial charge in [0.2, 0.25) is 17.8 Å². The lowest BCUT2D eigenvalue weighted by Gasteiger charge is -2.50. The van der Waals surface area contributed by atoms with Crippen LogP contribution in [0.15, 0.2) is 78.2 Å². The highest BCUT2D eigenvalue weighted by Crippen LogP contribution is 2.45. The Kier molecular flexibility index (Phi) is 12.8.